The largest absolute Gasteiger partial charge is 0.507 e. The van der Waals surface area contributed by atoms with Gasteiger partial charge in [-0.05, 0) is 94.8 Å². The van der Waals surface area contributed by atoms with Crippen LogP contribution in [0.5, 0.6) is 11.5 Å². The van der Waals surface area contributed by atoms with Crippen LogP contribution in [0.15, 0.2) is 54.1 Å². The number of amides is 3. The van der Waals surface area contributed by atoms with Gasteiger partial charge >= 0.3 is 18.2 Å². The fraction of sp³-hybridized carbons (Fsp3) is 0.720. The second kappa shape index (κ2) is 37.5. The van der Waals surface area contributed by atoms with Crippen molar-refractivity contribution in [3.63, 3.8) is 0 Å². The molecule has 0 radical (unpaired) electrons. The molecule has 0 saturated carbocycles. The number of ether oxygens (including phenoxy) is 13. The normalized spacial score (nSPS) is 39.9. The number of cyclic esters (lactones) is 1. The molecule has 5 unspecified atom stereocenters. The van der Waals surface area contributed by atoms with Crippen molar-refractivity contribution < 1.29 is 126 Å². The van der Waals surface area contributed by atoms with E-state index in [1.54, 1.807) is 93.2 Å². The number of phenols is 1. The van der Waals surface area contributed by atoms with Crippen LogP contribution in [-0.4, -0.2) is 271 Å². The number of aliphatic hydroxyl groups excluding tert-OH is 4. The van der Waals surface area contributed by atoms with Gasteiger partial charge in [-0.25, -0.2) is 9.59 Å². The maximum Gasteiger partial charge on any atom is 0.407 e. The second-order valence-corrected chi connectivity index (χ2v) is 32.9. The van der Waals surface area contributed by atoms with E-state index in [1.165, 1.54) is 74.4 Å². The topological polar surface area (TPSA) is 403 Å². The molecule has 27 atom stereocenters. The number of esters is 1. The van der Waals surface area contributed by atoms with Crippen molar-refractivity contribution in [2.75, 3.05) is 74.8 Å². The molecule has 1 aliphatic carbocycles. The summed E-state index contributed by atoms with van der Waals surface area (Å²) >= 11 is 0. The molecule has 4 fully saturated rings. The van der Waals surface area contributed by atoms with Gasteiger partial charge in [-0.2, -0.15) is 0 Å². The minimum atomic E-state index is -2.10. The number of nitrogens with one attached hydrogen (secondary N) is 3. The van der Waals surface area contributed by atoms with Gasteiger partial charge in [0, 0.05) is 131 Å². The number of allylic oxidation sites excluding steroid dienone is 4. The van der Waals surface area contributed by atoms with Gasteiger partial charge in [-0.1, -0.05) is 80.2 Å². The van der Waals surface area contributed by atoms with E-state index in [9.17, 15) is 59.4 Å². The van der Waals surface area contributed by atoms with E-state index in [2.05, 4.69) is 22.5 Å². The number of hydrogen-bond donors (Lipinski definition) is 9. The first kappa shape index (κ1) is 91.6. The number of likely N-dealkylation sites (N-methyl/N-ethyl adjacent to an activating group) is 1. The summed E-state index contributed by atoms with van der Waals surface area (Å²) in [5.74, 6) is -13.0. The molecule has 9 N–H and O–H groups in total. The van der Waals surface area contributed by atoms with E-state index in [0.717, 1.165) is 0 Å². The maximum absolute atomic E-state index is 15.1. The highest BCUT2D eigenvalue weighted by Gasteiger charge is 2.57. The summed E-state index contributed by atoms with van der Waals surface area (Å²) in [4.78, 5) is 105. The highest BCUT2D eigenvalue weighted by Crippen LogP contribution is 2.54. The Morgan fingerprint density at radius 2 is 1.35 bits per heavy atom. The molecule has 9 rings (SSSR count). The average Bonchev–Trinajstić information content (AvgIpc) is 1.61. The number of aliphatic hydroxyl groups is 5. The number of aromatic hydroxyl groups is 1. The van der Waals surface area contributed by atoms with Crippen LogP contribution in [0.4, 0.5) is 9.59 Å². The first-order chi connectivity index (χ1) is 52.9. The van der Waals surface area contributed by atoms with Crippen LogP contribution in [-0.2, 0) is 71.2 Å². The number of benzene rings is 1. The molecule has 634 valence electrons. The molecule has 5 bridgehead atoms. The summed E-state index contributed by atoms with van der Waals surface area (Å²) < 4.78 is 82.2. The first-order valence-corrected chi connectivity index (χ1v) is 39.3. The van der Waals surface area contributed by atoms with E-state index in [4.69, 9.17) is 61.6 Å². The quantitative estimate of drug-likeness (QED) is 0.0516. The van der Waals surface area contributed by atoms with Gasteiger partial charge in [0.2, 0.25) is 11.6 Å². The Hall–Kier alpha value is -6.95. The van der Waals surface area contributed by atoms with E-state index in [-0.39, 0.29) is 115 Å². The van der Waals surface area contributed by atoms with E-state index < -0.39 is 203 Å². The van der Waals surface area contributed by atoms with Gasteiger partial charge in [0.1, 0.15) is 58.2 Å². The zero-order valence-corrected chi connectivity index (χ0v) is 69.7. The number of ketones is 3. The number of methoxy groups -OCH3 is 3. The van der Waals surface area contributed by atoms with Crippen LogP contribution in [0.1, 0.15) is 168 Å². The molecule has 0 aromatic heterocycles. The number of alkyl carbamates (subject to hydrolysis) is 2. The number of rotatable bonds is 15. The lowest BCUT2D eigenvalue weighted by Gasteiger charge is -2.50. The Kier molecular flexibility index (Phi) is 30.4. The molecule has 4 saturated heterocycles. The Morgan fingerprint density at radius 3 is 1.96 bits per heavy atom. The van der Waals surface area contributed by atoms with Crippen LogP contribution in [0.25, 0.3) is 5.57 Å². The van der Waals surface area contributed by atoms with Crippen molar-refractivity contribution >= 4 is 47.0 Å². The van der Waals surface area contributed by atoms with Crippen LogP contribution in [0.3, 0.4) is 0 Å². The lowest BCUT2D eigenvalue weighted by atomic mass is 9.74. The molecule has 0 spiro atoms. The van der Waals surface area contributed by atoms with Crippen LogP contribution in [0, 0.1) is 54.3 Å². The summed E-state index contributed by atoms with van der Waals surface area (Å²) in [5, 5.41) is 79.6. The molecule has 8 aliphatic rings. The maximum atomic E-state index is 15.1. The highest BCUT2D eigenvalue weighted by molar-refractivity contribution is 6.30. The third kappa shape index (κ3) is 19.4. The predicted octanol–water partition coefficient (Wildman–Crippen LogP) is 6.47. The summed E-state index contributed by atoms with van der Waals surface area (Å²) in [6.45, 7) is 32.5. The van der Waals surface area contributed by atoms with E-state index in [0.29, 0.717) is 6.42 Å². The fourth-order valence-corrected chi connectivity index (χ4v) is 17.1. The van der Waals surface area contributed by atoms with Gasteiger partial charge in [0.25, 0.3) is 11.7 Å². The number of morpholine rings is 1. The zero-order valence-electron chi connectivity index (χ0n) is 69.7. The number of hydrogen-bond acceptors (Lipinski definition) is 28. The molecule has 1 aromatic carbocycles. The Bertz CT molecular complexity index is 3740. The smallest absolute Gasteiger partial charge is 0.407 e. The SMILES string of the molecule is C=C1c2c3c(C)c(O)c4c2C(=O)C(N2CCOCC2)=C(NC(=O)/C(C)=C\C=C\[C@@H](C)[C@@H](O)[C@@H](C)[C@@H](O)[C@@H](C)[C@@H](OC(=O)NCCNC(=O)O[C@@H]2[C@@H](C)OC(O[C@@H]5C(C)C(OC6O[C@@H](C)C[C@@H](N(C)C)[C@@H]6O)[C@@](C)(OC)C[C@H](C)C(=O)[C@@H](C)C(O)[C@@](C)(O)[C@H](CC)OC(=O)[C@H]5C)C[C@]2(C)OC)[C@H](C)[C@@H](OC)/C=C/O[C@@]1(C)O3)C4=O. The predicted molar refractivity (Wildman–Crippen MR) is 411 cm³/mol. The van der Waals surface area contributed by atoms with Crippen LogP contribution in [0.2, 0.25) is 0 Å². The second-order valence-electron chi connectivity index (χ2n) is 32.9. The van der Waals surface area contributed by atoms with Gasteiger partial charge < -0.3 is 118 Å². The third-order valence-electron chi connectivity index (χ3n) is 24.5. The van der Waals surface area contributed by atoms with Gasteiger partial charge in [0.15, 0.2) is 18.7 Å². The van der Waals surface area contributed by atoms with E-state index in [1.807, 2.05) is 25.9 Å². The first-order valence-electron chi connectivity index (χ1n) is 39.3. The van der Waals surface area contributed by atoms with Gasteiger partial charge in [-0.15, -0.1) is 0 Å². The standard InChI is InChI=1S/C82H125N5O26/c1-24-54-81(17,100)71(95)47(10)62(89)41(4)37-79(15,102-22)72(111-76-65(92)52(86(19)20)36-42(5)106-76)48(11)69(49(12)75(97)108-54)109-55-38-80(16,103-23)73(51(14)107-55)112-78(99)84-30-29-83-77(98)110-68-43(6)53(101-21)28-33-105-82(18)50(13)56-57-58(64(91)46(9)70(56)113-82)66(93)59(60(67(57)94)87-31-34-104-35-32-87)85-74(96)40(3)27-25-26-39(2)61(88)44(7)63(90)45(68)8/h25-28,33,39,41-45,47-49,51-55,61,63,65,68-69,71-73,76,88,90-92,95,100H,13,24,29-32,34-38H2,1-12,14-23H3,(H,83,98)(H,84,99)(H,85,96)/b26-25+,33-28+,40-27-/t39-,41+,42+,43-,44-,45-,47-,48?,49+,51-,52-,53+,54+,55?,61-,63-,65+,68+,69-,71?,72?,73-,76?,79+,80+,81+,82+/m1/s1. The Labute approximate surface area is 663 Å². The Balaban J connectivity index is 0.999. The number of Topliss-reactive ketones (excluding diaryl/α,β-unsaturated/α-hetero) is 3. The van der Waals surface area contributed by atoms with Crippen molar-refractivity contribution in [1.29, 1.82) is 0 Å². The summed E-state index contributed by atoms with van der Waals surface area (Å²) in [6.07, 6.45) is -10.1. The summed E-state index contributed by atoms with van der Waals surface area (Å²) in [7, 11) is 7.97. The van der Waals surface area contributed by atoms with Crippen LogP contribution < -0.4 is 20.7 Å². The monoisotopic (exact) mass is 1600 g/mol. The molecular formula is C82H125N5O26. The molecule has 7 heterocycles. The molecule has 31 heteroatoms. The minimum Gasteiger partial charge on any atom is -0.507 e. The Morgan fingerprint density at radius 1 is 0.735 bits per heavy atom. The molecule has 113 heavy (non-hydrogen) atoms. The van der Waals surface area contributed by atoms with Crippen molar-refractivity contribution in [3.8, 4) is 11.5 Å². The zero-order chi connectivity index (χ0) is 84.2. The lowest BCUT2D eigenvalue weighted by molar-refractivity contribution is -0.319. The highest BCUT2D eigenvalue weighted by atomic mass is 16.7. The minimum absolute atomic E-state index is 0.00221. The number of fused-ring (bicyclic) bond motifs is 14. The van der Waals surface area contributed by atoms with Crippen molar-refractivity contribution in [2.24, 2.45) is 47.3 Å². The third-order valence-corrected chi connectivity index (χ3v) is 24.5. The summed E-state index contributed by atoms with van der Waals surface area (Å²) in [6, 6.07) is -0.394. The average molecular weight is 1600 g/mol. The molecule has 3 amide bonds. The molecule has 1 aromatic rings. The van der Waals surface area contributed by atoms with Gasteiger partial charge in [0.05, 0.1) is 91.0 Å². The molecule has 31 nitrogen and oxygen atoms in total. The number of carbonyl (C=O) groups excluding carboxylic acids is 7. The number of carbonyl (C=O) groups is 7. The fourth-order valence-electron chi connectivity index (χ4n) is 17.1. The van der Waals surface area contributed by atoms with Crippen molar-refractivity contribution in [3.05, 3.63) is 76.4 Å². The van der Waals surface area contributed by atoms with E-state index >= 15 is 4.79 Å². The summed E-state index contributed by atoms with van der Waals surface area (Å²) in [5.41, 5.74) is -5.44. The molecular weight excluding hydrogens is 1470 g/mol. The number of phenolic OH excluding ortho intramolecular Hbond substituents is 1. The van der Waals surface area contributed by atoms with Crippen molar-refractivity contribution in [1.82, 2.24) is 25.8 Å². The lowest BCUT2D eigenvalue weighted by Crippen LogP contribution is -2.62. The number of nitrogens with zero attached hydrogens (tertiary/aromatic N) is 2. The van der Waals surface area contributed by atoms with Crippen LogP contribution >= 0.6 is 0 Å². The van der Waals surface area contributed by atoms with Crippen molar-refractivity contribution in [2.45, 2.75) is 258 Å². The molecule has 7 aliphatic heterocycles. The van der Waals surface area contributed by atoms with Gasteiger partial charge in [-0.3, -0.25) is 24.0 Å².